The maximum Gasteiger partial charge on any atom is 0.0570 e. The Bertz CT molecular complexity index is 411. The molecule has 1 N–H and O–H groups in total. The van der Waals surface area contributed by atoms with Crippen LogP contribution in [-0.4, -0.2) is 4.98 Å². The average molecular weight is 232 g/mol. The summed E-state index contributed by atoms with van der Waals surface area (Å²) in [6.07, 6.45) is 1.84. The number of aromatic nitrogens is 1. The summed E-state index contributed by atoms with van der Waals surface area (Å²) in [4.78, 5) is 5.72. The molecule has 0 bridgehead atoms. The van der Waals surface area contributed by atoms with Crippen molar-refractivity contribution in [2.45, 2.75) is 25.9 Å². The van der Waals surface area contributed by atoms with Gasteiger partial charge in [-0.1, -0.05) is 12.1 Å². The summed E-state index contributed by atoms with van der Waals surface area (Å²) in [6.45, 7) is 4.33. The van der Waals surface area contributed by atoms with Crippen LogP contribution in [0.25, 0.3) is 0 Å². The van der Waals surface area contributed by atoms with Gasteiger partial charge >= 0.3 is 0 Å². The van der Waals surface area contributed by atoms with Crippen LogP contribution in [0.15, 0.2) is 41.9 Å². The molecule has 1 unspecified atom stereocenters. The van der Waals surface area contributed by atoms with E-state index in [0.29, 0.717) is 6.04 Å². The standard InChI is InChI=1S/C13H16N2S/c1-10(12-6-3-4-8-14-12)15-11(2)13-7-5-9-16-13/h3-11,15H,1-2H3/t10?,11-/m0/s1. The summed E-state index contributed by atoms with van der Waals surface area (Å²) in [5, 5.41) is 5.66. The van der Waals surface area contributed by atoms with Gasteiger partial charge in [0.05, 0.1) is 5.69 Å². The lowest BCUT2D eigenvalue weighted by molar-refractivity contribution is 0.491. The maximum atomic E-state index is 4.35. The van der Waals surface area contributed by atoms with Crippen LogP contribution in [0.3, 0.4) is 0 Å². The van der Waals surface area contributed by atoms with Crippen molar-refractivity contribution in [2.24, 2.45) is 0 Å². The van der Waals surface area contributed by atoms with Crippen LogP contribution >= 0.6 is 11.3 Å². The number of hydrogen-bond donors (Lipinski definition) is 1. The van der Waals surface area contributed by atoms with Crippen molar-refractivity contribution >= 4 is 11.3 Å². The van der Waals surface area contributed by atoms with Gasteiger partial charge in [-0.05, 0) is 37.4 Å². The summed E-state index contributed by atoms with van der Waals surface area (Å²) >= 11 is 1.79. The van der Waals surface area contributed by atoms with Crippen LogP contribution in [0.4, 0.5) is 0 Å². The monoisotopic (exact) mass is 232 g/mol. The van der Waals surface area contributed by atoms with Crippen LogP contribution < -0.4 is 5.32 Å². The first-order chi connectivity index (χ1) is 7.77. The number of rotatable bonds is 4. The molecule has 0 saturated carbocycles. The van der Waals surface area contributed by atoms with Crippen LogP contribution in [0.2, 0.25) is 0 Å². The van der Waals surface area contributed by atoms with Gasteiger partial charge in [-0.3, -0.25) is 4.98 Å². The van der Waals surface area contributed by atoms with Crippen LogP contribution in [-0.2, 0) is 0 Å². The molecule has 2 heterocycles. The van der Waals surface area contributed by atoms with E-state index in [1.807, 2.05) is 18.3 Å². The van der Waals surface area contributed by atoms with E-state index in [4.69, 9.17) is 0 Å². The minimum absolute atomic E-state index is 0.276. The van der Waals surface area contributed by atoms with E-state index < -0.39 is 0 Å². The predicted octanol–water partition coefficient (Wildman–Crippen LogP) is 3.55. The lowest BCUT2D eigenvalue weighted by Crippen LogP contribution is -2.22. The highest BCUT2D eigenvalue weighted by molar-refractivity contribution is 7.10. The Morgan fingerprint density at radius 1 is 1.12 bits per heavy atom. The zero-order valence-corrected chi connectivity index (χ0v) is 10.4. The van der Waals surface area contributed by atoms with Crippen molar-refractivity contribution in [1.82, 2.24) is 10.3 Å². The van der Waals surface area contributed by atoms with Crippen molar-refractivity contribution in [2.75, 3.05) is 0 Å². The first-order valence-corrected chi connectivity index (χ1v) is 6.35. The molecule has 0 radical (unpaired) electrons. The van der Waals surface area contributed by atoms with Crippen LogP contribution in [0.1, 0.15) is 36.5 Å². The third-order valence-corrected chi connectivity index (χ3v) is 3.66. The smallest absolute Gasteiger partial charge is 0.0570 e. The Hall–Kier alpha value is -1.19. The van der Waals surface area contributed by atoms with Gasteiger partial charge in [0.25, 0.3) is 0 Å². The van der Waals surface area contributed by atoms with Crippen molar-refractivity contribution in [3.63, 3.8) is 0 Å². The Morgan fingerprint density at radius 2 is 2.00 bits per heavy atom. The summed E-state index contributed by atoms with van der Waals surface area (Å²) in [5.41, 5.74) is 1.09. The molecule has 2 nitrogen and oxygen atoms in total. The molecule has 2 atom stereocenters. The molecule has 0 aliphatic rings. The molecule has 0 aliphatic heterocycles. The minimum atomic E-state index is 0.276. The van der Waals surface area contributed by atoms with Crippen molar-refractivity contribution in [1.29, 1.82) is 0 Å². The second-order valence-corrected chi connectivity index (χ2v) is 4.86. The zero-order chi connectivity index (χ0) is 11.4. The third kappa shape index (κ3) is 2.68. The van der Waals surface area contributed by atoms with E-state index in [-0.39, 0.29) is 6.04 Å². The Balaban J connectivity index is 2.00. The zero-order valence-electron chi connectivity index (χ0n) is 9.55. The molecule has 3 heteroatoms. The summed E-state index contributed by atoms with van der Waals surface area (Å²) in [7, 11) is 0. The predicted molar refractivity (Wildman–Crippen MR) is 68.5 cm³/mol. The fourth-order valence-electron chi connectivity index (χ4n) is 1.71. The molecule has 0 aliphatic carbocycles. The first kappa shape index (κ1) is 11.3. The second kappa shape index (κ2) is 5.23. The summed E-state index contributed by atoms with van der Waals surface area (Å²) in [6, 6.07) is 10.9. The Morgan fingerprint density at radius 3 is 2.62 bits per heavy atom. The molecule has 0 aromatic carbocycles. The fourth-order valence-corrected chi connectivity index (χ4v) is 2.46. The highest BCUT2D eigenvalue weighted by Gasteiger charge is 2.11. The van der Waals surface area contributed by atoms with Crippen LogP contribution in [0, 0.1) is 0 Å². The van der Waals surface area contributed by atoms with Gasteiger partial charge in [-0.2, -0.15) is 0 Å². The number of pyridine rings is 1. The molecular weight excluding hydrogens is 216 g/mol. The molecule has 2 aromatic heterocycles. The van der Waals surface area contributed by atoms with E-state index >= 15 is 0 Å². The lowest BCUT2D eigenvalue weighted by Gasteiger charge is -2.18. The Labute approximate surface area is 100 Å². The third-order valence-electron chi connectivity index (χ3n) is 2.60. The highest BCUT2D eigenvalue weighted by Crippen LogP contribution is 2.21. The molecule has 2 rings (SSSR count). The number of hydrogen-bond acceptors (Lipinski definition) is 3. The van der Waals surface area contributed by atoms with E-state index in [1.165, 1.54) is 4.88 Å². The Kier molecular flexibility index (Phi) is 3.70. The second-order valence-electron chi connectivity index (χ2n) is 3.88. The van der Waals surface area contributed by atoms with Crippen molar-refractivity contribution < 1.29 is 0 Å². The van der Waals surface area contributed by atoms with Crippen molar-refractivity contribution in [3.05, 3.63) is 52.5 Å². The molecule has 0 spiro atoms. The van der Waals surface area contributed by atoms with Crippen molar-refractivity contribution in [3.8, 4) is 0 Å². The molecule has 0 saturated heterocycles. The maximum absolute atomic E-state index is 4.35. The number of thiophene rings is 1. The van der Waals surface area contributed by atoms with Gasteiger partial charge in [-0.25, -0.2) is 0 Å². The molecule has 2 aromatic rings. The fraction of sp³-hybridized carbons (Fsp3) is 0.308. The van der Waals surface area contributed by atoms with E-state index in [2.05, 4.69) is 47.7 Å². The molecule has 16 heavy (non-hydrogen) atoms. The van der Waals surface area contributed by atoms with E-state index in [9.17, 15) is 0 Å². The average Bonchev–Trinajstić information content (AvgIpc) is 2.83. The van der Waals surface area contributed by atoms with Gasteiger partial charge < -0.3 is 5.32 Å². The van der Waals surface area contributed by atoms with Gasteiger partial charge in [-0.15, -0.1) is 11.3 Å². The molecular formula is C13H16N2S. The summed E-state index contributed by atoms with van der Waals surface area (Å²) in [5.74, 6) is 0. The molecule has 84 valence electrons. The van der Waals surface area contributed by atoms with E-state index in [1.54, 1.807) is 11.3 Å². The SMILES string of the molecule is CC(N[C@@H](C)c1cccs1)c1ccccn1. The first-order valence-electron chi connectivity index (χ1n) is 5.48. The normalized spacial score (nSPS) is 14.6. The largest absolute Gasteiger partial charge is 0.301 e. The molecule has 0 fully saturated rings. The topological polar surface area (TPSA) is 24.9 Å². The van der Waals surface area contributed by atoms with E-state index in [0.717, 1.165) is 5.69 Å². The quantitative estimate of drug-likeness (QED) is 0.872. The van der Waals surface area contributed by atoms with Gasteiger partial charge in [0, 0.05) is 23.2 Å². The lowest BCUT2D eigenvalue weighted by atomic mass is 10.1. The number of nitrogens with zero attached hydrogens (tertiary/aromatic N) is 1. The molecule has 0 amide bonds. The number of nitrogens with one attached hydrogen (secondary N) is 1. The van der Waals surface area contributed by atoms with Gasteiger partial charge in [0.15, 0.2) is 0 Å². The van der Waals surface area contributed by atoms with Gasteiger partial charge in [0.1, 0.15) is 0 Å². The van der Waals surface area contributed by atoms with Gasteiger partial charge in [0.2, 0.25) is 0 Å². The highest BCUT2D eigenvalue weighted by atomic mass is 32.1. The summed E-state index contributed by atoms with van der Waals surface area (Å²) < 4.78 is 0. The minimum Gasteiger partial charge on any atom is -0.301 e. The van der Waals surface area contributed by atoms with Crippen LogP contribution in [0.5, 0.6) is 0 Å².